The molecule has 4 aromatic rings. The van der Waals surface area contributed by atoms with E-state index < -0.39 is 11.0 Å². The molecule has 0 spiro atoms. The summed E-state index contributed by atoms with van der Waals surface area (Å²) in [6, 6.07) is 19.1. The van der Waals surface area contributed by atoms with Crippen LogP contribution in [0.5, 0.6) is 0 Å². The second-order valence-corrected chi connectivity index (χ2v) is 10.5. The van der Waals surface area contributed by atoms with Crippen molar-refractivity contribution in [3.8, 4) is 5.69 Å². The molecule has 3 aromatic carbocycles. The number of hydrogen-bond donors (Lipinski definition) is 0. The molecule has 8 heteroatoms. The maximum atomic E-state index is 14.1. The summed E-state index contributed by atoms with van der Waals surface area (Å²) in [6.07, 6.45) is 2.09. The molecule has 0 saturated heterocycles. The fourth-order valence-electron chi connectivity index (χ4n) is 4.95. The minimum atomic E-state index is -0.547. The van der Waals surface area contributed by atoms with Gasteiger partial charge < -0.3 is 4.90 Å². The molecular formula is C32H36N4O4. The number of hydrogen-bond acceptors (Lipinski definition) is 5. The Hall–Kier alpha value is -4.33. The van der Waals surface area contributed by atoms with E-state index in [-0.39, 0.29) is 22.7 Å². The molecule has 0 saturated carbocycles. The van der Waals surface area contributed by atoms with Gasteiger partial charge in [-0.05, 0) is 68.0 Å². The Morgan fingerprint density at radius 3 is 2.38 bits per heavy atom. The molecule has 1 amide bonds. The highest BCUT2D eigenvalue weighted by molar-refractivity contribution is 5.95. The zero-order chi connectivity index (χ0) is 29.0. The molecule has 0 fully saturated rings. The van der Waals surface area contributed by atoms with E-state index in [0.717, 1.165) is 18.4 Å². The Bertz CT molecular complexity index is 1590. The van der Waals surface area contributed by atoms with Crippen LogP contribution in [0.1, 0.15) is 73.9 Å². The van der Waals surface area contributed by atoms with Crippen molar-refractivity contribution in [2.45, 2.75) is 59.9 Å². The molecule has 208 valence electrons. The predicted molar refractivity (Wildman–Crippen MR) is 158 cm³/mol. The second-order valence-electron chi connectivity index (χ2n) is 10.5. The highest BCUT2D eigenvalue weighted by Gasteiger charge is 2.30. The van der Waals surface area contributed by atoms with Crippen molar-refractivity contribution in [2.75, 3.05) is 6.54 Å². The first-order valence-electron chi connectivity index (χ1n) is 13.8. The third-order valence-electron chi connectivity index (χ3n) is 7.33. The van der Waals surface area contributed by atoms with Gasteiger partial charge in [-0.3, -0.25) is 24.3 Å². The summed E-state index contributed by atoms with van der Waals surface area (Å²) in [5.74, 6) is 0.452. The van der Waals surface area contributed by atoms with Crippen molar-refractivity contribution in [1.82, 2.24) is 14.5 Å². The van der Waals surface area contributed by atoms with Crippen molar-refractivity contribution in [3.05, 3.63) is 110 Å². The number of nitrogens with zero attached hydrogens (tertiary/aromatic N) is 4. The van der Waals surface area contributed by atoms with Gasteiger partial charge in [-0.25, -0.2) is 4.98 Å². The Labute approximate surface area is 234 Å². The van der Waals surface area contributed by atoms with E-state index in [1.807, 2.05) is 43.3 Å². The standard InChI is InChI=1S/C32H36N4O4/c1-6-23-13-16-25(17-14-23)35-30(33-27-11-9-8-10-26(27)32(35)38)28(7-2)34(19-18-21(3)4)31(37)24-15-12-22(5)29(20-24)36(39)40/h8-17,20-21,28H,6-7,18-19H2,1-5H3. The fraction of sp³-hybridized carbons (Fsp3) is 0.344. The van der Waals surface area contributed by atoms with Crippen LogP contribution in [0.3, 0.4) is 0 Å². The van der Waals surface area contributed by atoms with Crippen LogP contribution in [0.4, 0.5) is 5.69 Å². The average molecular weight is 541 g/mol. The van der Waals surface area contributed by atoms with Crippen molar-refractivity contribution in [1.29, 1.82) is 0 Å². The van der Waals surface area contributed by atoms with E-state index in [1.165, 1.54) is 6.07 Å². The van der Waals surface area contributed by atoms with E-state index in [0.29, 0.717) is 46.9 Å². The molecular weight excluding hydrogens is 504 g/mol. The minimum Gasteiger partial charge on any atom is -0.328 e. The van der Waals surface area contributed by atoms with Gasteiger partial charge in [0.25, 0.3) is 17.2 Å². The van der Waals surface area contributed by atoms with Crippen molar-refractivity contribution >= 4 is 22.5 Å². The summed E-state index contributed by atoms with van der Waals surface area (Å²) in [6.45, 7) is 10.3. The summed E-state index contributed by atoms with van der Waals surface area (Å²) in [7, 11) is 0. The third-order valence-corrected chi connectivity index (χ3v) is 7.33. The van der Waals surface area contributed by atoms with Crippen LogP contribution >= 0.6 is 0 Å². The molecule has 0 N–H and O–H groups in total. The number of nitro groups is 1. The van der Waals surface area contributed by atoms with E-state index in [9.17, 15) is 19.7 Å². The zero-order valence-electron chi connectivity index (χ0n) is 23.8. The number of aromatic nitrogens is 2. The summed E-state index contributed by atoms with van der Waals surface area (Å²) in [4.78, 5) is 45.9. The summed E-state index contributed by atoms with van der Waals surface area (Å²) in [5, 5.41) is 12.1. The summed E-state index contributed by atoms with van der Waals surface area (Å²) < 4.78 is 1.61. The van der Waals surface area contributed by atoms with Crippen LogP contribution in [-0.2, 0) is 6.42 Å². The Morgan fingerprint density at radius 2 is 1.75 bits per heavy atom. The van der Waals surface area contributed by atoms with E-state index in [2.05, 4.69) is 20.8 Å². The topological polar surface area (TPSA) is 98.3 Å². The van der Waals surface area contributed by atoms with Gasteiger partial charge in [0.15, 0.2) is 0 Å². The van der Waals surface area contributed by atoms with Crippen LogP contribution < -0.4 is 5.56 Å². The smallest absolute Gasteiger partial charge is 0.273 e. The lowest BCUT2D eigenvalue weighted by Gasteiger charge is -2.33. The van der Waals surface area contributed by atoms with Crippen LogP contribution in [-0.4, -0.2) is 31.8 Å². The van der Waals surface area contributed by atoms with Crippen LogP contribution in [0.15, 0.2) is 71.5 Å². The largest absolute Gasteiger partial charge is 0.328 e. The Morgan fingerprint density at radius 1 is 1.05 bits per heavy atom. The molecule has 0 bridgehead atoms. The fourth-order valence-corrected chi connectivity index (χ4v) is 4.95. The number of benzene rings is 3. The minimum absolute atomic E-state index is 0.0977. The summed E-state index contributed by atoms with van der Waals surface area (Å²) >= 11 is 0. The van der Waals surface area contributed by atoms with Crippen LogP contribution in [0.2, 0.25) is 0 Å². The van der Waals surface area contributed by atoms with Gasteiger partial charge in [-0.2, -0.15) is 0 Å². The van der Waals surface area contributed by atoms with E-state index >= 15 is 0 Å². The number of para-hydroxylation sites is 1. The first-order chi connectivity index (χ1) is 19.2. The highest BCUT2D eigenvalue weighted by Crippen LogP contribution is 2.30. The molecule has 8 nitrogen and oxygen atoms in total. The lowest BCUT2D eigenvalue weighted by Crippen LogP contribution is -2.39. The number of fused-ring (bicyclic) bond motifs is 1. The van der Waals surface area contributed by atoms with Gasteiger partial charge in [-0.15, -0.1) is 0 Å². The van der Waals surface area contributed by atoms with Crippen LogP contribution in [0, 0.1) is 23.0 Å². The third kappa shape index (κ3) is 5.81. The molecule has 40 heavy (non-hydrogen) atoms. The molecule has 0 aliphatic carbocycles. The van der Waals surface area contributed by atoms with E-state index in [4.69, 9.17) is 4.98 Å². The number of rotatable bonds is 10. The maximum absolute atomic E-state index is 14.1. The average Bonchev–Trinajstić information content (AvgIpc) is 2.95. The SMILES string of the molecule is CCc1ccc(-n2c(C(CC)N(CCC(C)C)C(=O)c3ccc(C)c([N+](=O)[O-])c3)nc3ccccc3c2=O)cc1. The van der Waals surface area contributed by atoms with Crippen molar-refractivity contribution < 1.29 is 9.72 Å². The molecule has 4 rings (SSSR count). The second kappa shape index (κ2) is 12.2. The number of aryl methyl sites for hydroxylation is 2. The monoisotopic (exact) mass is 540 g/mol. The lowest BCUT2D eigenvalue weighted by atomic mass is 10.0. The molecule has 1 atom stereocenters. The molecule has 1 aromatic heterocycles. The first kappa shape index (κ1) is 28.7. The van der Waals surface area contributed by atoms with Crippen molar-refractivity contribution in [2.24, 2.45) is 5.92 Å². The Balaban J connectivity index is 1.93. The number of carbonyl (C=O) groups is 1. The molecule has 0 aliphatic heterocycles. The van der Waals surface area contributed by atoms with Crippen LogP contribution in [0.25, 0.3) is 16.6 Å². The van der Waals surface area contributed by atoms with Gasteiger partial charge in [0.2, 0.25) is 0 Å². The highest BCUT2D eigenvalue weighted by atomic mass is 16.6. The van der Waals surface area contributed by atoms with Gasteiger partial charge >= 0.3 is 0 Å². The van der Waals surface area contributed by atoms with Crippen molar-refractivity contribution in [3.63, 3.8) is 0 Å². The van der Waals surface area contributed by atoms with Gasteiger partial charge in [0.1, 0.15) is 5.82 Å². The molecule has 0 aliphatic rings. The van der Waals surface area contributed by atoms with Gasteiger partial charge in [0.05, 0.1) is 27.6 Å². The maximum Gasteiger partial charge on any atom is 0.273 e. The molecule has 1 unspecified atom stereocenters. The number of amides is 1. The number of carbonyl (C=O) groups excluding carboxylic acids is 1. The number of nitro benzene ring substituents is 1. The summed E-state index contributed by atoms with van der Waals surface area (Å²) in [5.41, 5.74) is 2.81. The Kier molecular flexibility index (Phi) is 8.77. The predicted octanol–water partition coefficient (Wildman–Crippen LogP) is 6.80. The van der Waals surface area contributed by atoms with Gasteiger partial charge in [-0.1, -0.05) is 58.0 Å². The van der Waals surface area contributed by atoms with Gasteiger partial charge in [0, 0.05) is 23.7 Å². The molecule has 1 heterocycles. The molecule has 0 radical (unpaired) electrons. The zero-order valence-corrected chi connectivity index (χ0v) is 23.8. The quantitative estimate of drug-likeness (QED) is 0.163. The normalized spacial score (nSPS) is 12.1. The lowest BCUT2D eigenvalue weighted by molar-refractivity contribution is -0.385. The van der Waals surface area contributed by atoms with E-state index in [1.54, 1.807) is 40.7 Å². The first-order valence-corrected chi connectivity index (χ1v) is 13.8.